The molecule has 4 N–H and O–H groups in total. The number of phenols is 1. The third-order valence-corrected chi connectivity index (χ3v) is 2.71. The lowest BCUT2D eigenvalue weighted by atomic mass is 10.1. The minimum atomic E-state index is 0.277. The fourth-order valence-electron chi connectivity index (χ4n) is 1.69. The van der Waals surface area contributed by atoms with Crippen molar-refractivity contribution >= 4 is 5.95 Å². The van der Waals surface area contributed by atoms with Crippen LogP contribution in [0.2, 0.25) is 0 Å². The minimum Gasteiger partial charge on any atom is -0.508 e. The first-order valence-corrected chi connectivity index (χ1v) is 6.30. The molecule has 0 spiro atoms. The number of aromatic hydroxyl groups is 1. The number of rotatable bonds is 6. The highest BCUT2D eigenvalue weighted by atomic mass is 16.3. The summed E-state index contributed by atoms with van der Waals surface area (Å²) in [6.07, 6.45) is 5.28. The molecule has 0 atom stereocenters. The number of aromatic nitrogens is 2. The molecule has 0 saturated heterocycles. The van der Waals surface area contributed by atoms with Crippen LogP contribution in [0.15, 0.2) is 36.7 Å². The maximum atomic E-state index is 9.22. The molecule has 2 aromatic rings. The van der Waals surface area contributed by atoms with Crippen molar-refractivity contribution in [3.05, 3.63) is 47.8 Å². The number of anilines is 1. The van der Waals surface area contributed by atoms with E-state index in [2.05, 4.69) is 15.3 Å². The predicted octanol–water partition coefficient (Wildman–Crippen LogP) is 1.53. The zero-order chi connectivity index (χ0) is 13.5. The van der Waals surface area contributed by atoms with Crippen LogP contribution in [0.5, 0.6) is 5.75 Å². The second kappa shape index (κ2) is 6.70. The van der Waals surface area contributed by atoms with Crippen LogP contribution in [0.25, 0.3) is 0 Å². The molecular formula is C14H18N4O. The van der Waals surface area contributed by atoms with Crippen molar-refractivity contribution < 1.29 is 5.11 Å². The number of hydrogen-bond acceptors (Lipinski definition) is 5. The predicted molar refractivity (Wildman–Crippen MR) is 75.1 cm³/mol. The third-order valence-electron chi connectivity index (χ3n) is 2.71. The van der Waals surface area contributed by atoms with Gasteiger partial charge in [-0.05, 0) is 36.2 Å². The van der Waals surface area contributed by atoms with Gasteiger partial charge < -0.3 is 16.2 Å². The monoisotopic (exact) mass is 258 g/mol. The Bertz CT molecular complexity index is 496. The zero-order valence-electron chi connectivity index (χ0n) is 10.7. The van der Waals surface area contributed by atoms with Crippen molar-refractivity contribution in [2.45, 2.75) is 12.8 Å². The first-order valence-electron chi connectivity index (χ1n) is 6.30. The van der Waals surface area contributed by atoms with Crippen molar-refractivity contribution in [1.82, 2.24) is 9.97 Å². The highest BCUT2D eigenvalue weighted by molar-refractivity contribution is 5.31. The van der Waals surface area contributed by atoms with Crippen LogP contribution in [0, 0.1) is 0 Å². The second-order valence-electron chi connectivity index (χ2n) is 4.33. The summed E-state index contributed by atoms with van der Waals surface area (Å²) < 4.78 is 0. The van der Waals surface area contributed by atoms with E-state index in [4.69, 9.17) is 5.73 Å². The highest BCUT2D eigenvalue weighted by Gasteiger charge is 1.99. The van der Waals surface area contributed by atoms with Gasteiger partial charge in [0.05, 0.1) is 0 Å². The lowest BCUT2D eigenvalue weighted by molar-refractivity contribution is 0.475. The molecule has 0 saturated carbocycles. The molecule has 0 aliphatic rings. The van der Waals surface area contributed by atoms with Gasteiger partial charge in [0.25, 0.3) is 0 Å². The zero-order valence-corrected chi connectivity index (χ0v) is 10.7. The first-order chi connectivity index (χ1) is 9.28. The van der Waals surface area contributed by atoms with Crippen LogP contribution in [-0.2, 0) is 6.42 Å². The summed E-state index contributed by atoms with van der Waals surface area (Å²) in [5.41, 5.74) is 7.57. The van der Waals surface area contributed by atoms with Crippen LogP contribution in [0.3, 0.4) is 0 Å². The van der Waals surface area contributed by atoms with E-state index in [9.17, 15) is 5.11 Å². The van der Waals surface area contributed by atoms with Gasteiger partial charge in [-0.1, -0.05) is 12.1 Å². The van der Waals surface area contributed by atoms with Gasteiger partial charge in [0.1, 0.15) is 5.75 Å². The third kappa shape index (κ3) is 4.22. The molecule has 19 heavy (non-hydrogen) atoms. The van der Waals surface area contributed by atoms with Gasteiger partial charge in [-0.2, -0.15) is 0 Å². The van der Waals surface area contributed by atoms with Crippen LogP contribution in [-0.4, -0.2) is 28.2 Å². The molecule has 2 rings (SSSR count). The maximum absolute atomic E-state index is 9.22. The largest absolute Gasteiger partial charge is 0.508 e. The maximum Gasteiger partial charge on any atom is 0.222 e. The van der Waals surface area contributed by atoms with E-state index in [0.29, 0.717) is 12.5 Å². The summed E-state index contributed by atoms with van der Waals surface area (Å²) in [5, 5.41) is 12.3. The average Bonchev–Trinajstić information content (AvgIpc) is 2.44. The number of benzene rings is 1. The van der Waals surface area contributed by atoms with Gasteiger partial charge in [-0.25, -0.2) is 9.97 Å². The quantitative estimate of drug-likeness (QED) is 0.684. The number of nitrogens with one attached hydrogen (secondary N) is 1. The van der Waals surface area contributed by atoms with Crippen molar-refractivity contribution in [3.63, 3.8) is 0 Å². The fraction of sp³-hybridized carbons (Fsp3) is 0.286. The van der Waals surface area contributed by atoms with Crippen LogP contribution >= 0.6 is 0 Å². The molecule has 100 valence electrons. The molecule has 0 aliphatic carbocycles. The molecule has 1 aromatic carbocycles. The SMILES string of the molecule is NCCCNc1ncc(Cc2ccc(O)cc2)cn1. The lowest BCUT2D eigenvalue weighted by Gasteiger charge is -2.05. The van der Waals surface area contributed by atoms with Gasteiger partial charge in [0, 0.05) is 25.4 Å². The number of nitrogens with zero attached hydrogens (tertiary/aromatic N) is 2. The average molecular weight is 258 g/mol. The lowest BCUT2D eigenvalue weighted by Crippen LogP contribution is -2.10. The van der Waals surface area contributed by atoms with Crippen molar-refractivity contribution in [2.24, 2.45) is 5.73 Å². The topological polar surface area (TPSA) is 84.1 Å². The molecule has 0 aliphatic heterocycles. The van der Waals surface area contributed by atoms with E-state index in [1.807, 2.05) is 24.5 Å². The summed E-state index contributed by atoms with van der Waals surface area (Å²) in [6.45, 7) is 1.44. The fourth-order valence-corrected chi connectivity index (χ4v) is 1.69. The molecule has 1 heterocycles. The summed E-state index contributed by atoms with van der Waals surface area (Å²) in [5.74, 6) is 0.905. The van der Waals surface area contributed by atoms with Gasteiger partial charge in [-0.3, -0.25) is 0 Å². The summed E-state index contributed by atoms with van der Waals surface area (Å²) in [4.78, 5) is 8.50. The van der Waals surface area contributed by atoms with Gasteiger partial charge >= 0.3 is 0 Å². The van der Waals surface area contributed by atoms with Crippen molar-refractivity contribution in [3.8, 4) is 5.75 Å². The van der Waals surface area contributed by atoms with Gasteiger partial charge in [-0.15, -0.1) is 0 Å². The molecule has 0 fully saturated rings. The Morgan fingerprint density at radius 1 is 1.05 bits per heavy atom. The van der Waals surface area contributed by atoms with E-state index in [-0.39, 0.29) is 5.75 Å². The smallest absolute Gasteiger partial charge is 0.222 e. The van der Waals surface area contributed by atoms with Gasteiger partial charge in [0.15, 0.2) is 0 Å². The van der Waals surface area contributed by atoms with Gasteiger partial charge in [0.2, 0.25) is 5.95 Å². The molecule has 5 heteroatoms. The Morgan fingerprint density at radius 2 is 1.74 bits per heavy atom. The Morgan fingerprint density at radius 3 is 2.37 bits per heavy atom. The Kier molecular flexibility index (Phi) is 4.69. The number of phenolic OH excluding ortho intramolecular Hbond substituents is 1. The van der Waals surface area contributed by atoms with Crippen LogP contribution in [0.4, 0.5) is 5.95 Å². The Hall–Kier alpha value is -2.14. The summed E-state index contributed by atoms with van der Waals surface area (Å²) in [6, 6.07) is 7.14. The number of nitrogens with two attached hydrogens (primary N) is 1. The first kappa shape index (κ1) is 13.3. The van der Waals surface area contributed by atoms with Crippen molar-refractivity contribution in [1.29, 1.82) is 0 Å². The van der Waals surface area contributed by atoms with E-state index >= 15 is 0 Å². The molecule has 1 aromatic heterocycles. The molecular weight excluding hydrogens is 240 g/mol. The minimum absolute atomic E-state index is 0.277. The molecule has 0 unspecified atom stereocenters. The normalized spacial score (nSPS) is 10.4. The second-order valence-corrected chi connectivity index (χ2v) is 4.33. The summed E-state index contributed by atoms with van der Waals surface area (Å²) in [7, 11) is 0. The number of hydrogen-bond donors (Lipinski definition) is 3. The molecule has 5 nitrogen and oxygen atoms in total. The molecule has 0 amide bonds. The van der Waals surface area contributed by atoms with Crippen molar-refractivity contribution in [2.75, 3.05) is 18.4 Å². The van der Waals surface area contributed by atoms with Crippen LogP contribution in [0.1, 0.15) is 17.5 Å². The van der Waals surface area contributed by atoms with E-state index in [1.54, 1.807) is 12.1 Å². The Labute approximate surface area is 112 Å². The van der Waals surface area contributed by atoms with E-state index in [0.717, 1.165) is 30.5 Å². The highest BCUT2D eigenvalue weighted by Crippen LogP contribution is 2.13. The molecule has 0 bridgehead atoms. The van der Waals surface area contributed by atoms with E-state index < -0.39 is 0 Å². The van der Waals surface area contributed by atoms with E-state index in [1.165, 1.54) is 0 Å². The summed E-state index contributed by atoms with van der Waals surface area (Å²) >= 11 is 0. The molecule has 0 radical (unpaired) electrons. The van der Waals surface area contributed by atoms with Crippen LogP contribution < -0.4 is 11.1 Å². The Balaban J connectivity index is 1.92. The standard InChI is InChI=1S/C14H18N4O/c15-6-1-7-16-14-17-9-12(10-18-14)8-11-2-4-13(19)5-3-11/h2-5,9-10,19H,1,6-8,15H2,(H,16,17,18).